The van der Waals surface area contributed by atoms with E-state index in [1.165, 1.54) is 29.2 Å². The summed E-state index contributed by atoms with van der Waals surface area (Å²) in [7, 11) is 0. The Labute approximate surface area is 136 Å². The molecule has 0 saturated carbocycles. The minimum atomic E-state index is 0.333. The number of hydrogen-bond donors (Lipinski definition) is 2. The third-order valence-corrected chi connectivity index (χ3v) is 4.76. The number of halogens is 1. The van der Waals surface area contributed by atoms with Crippen LogP contribution in [0.15, 0.2) is 31.6 Å². The predicted octanol–water partition coefficient (Wildman–Crippen LogP) is 2.81. The predicted molar refractivity (Wildman–Crippen MR) is 85.7 cm³/mol. The molecular formula is C11H9BrN6OS2. The molecule has 10 heteroatoms. The van der Waals surface area contributed by atoms with E-state index in [4.69, 9.17) is 15.9 Å². The summed E-state index contributed by atoms with van der Waals surface area (Å²) in [6.07, 6.45) is 0. The molecule has 7 nitrogen and oxygen atoms in total. The summed E-state index contributed by atoms with van der Waals surface area (Å²) in [5.74, 6) is 2.10. The van der Waals surface area contributed by atoms with Crippen LogP contribution in [-0.4, -0.2) is 20.2 Å². The first-order valence-electron chi connectivity index (χ1n) is 5.71. The van der Waals surface area contributed by atoms with Crippen molar-refractivity contribution in [2.75, 3.05) is 11.5 Å². The first kappa shape index (κ1) is 14.3. The molecule has 3 heterocycles. The van der Waals surface area contributed by atoms with Crippen molar-refractivity contribution >= 4 is 50.7 Å². The fourth-order valence-electron chi connectivity index (χ4n) is 1.49. The molecule has 0 amide bonds. The highest BCUT2D eigenvalue weighted by molar-refractivity contribution is 9.11. The number of thiophene rings is 1. The summed E-state index contributed by atoms with van der Waals surface area (Å²) in [4.78, 5) is 9.06. The molecule has 0 bridgehead atoms. The van der Waals surface area contributed by atoms with Crippen molar-refractivity contribution in [3.8, 4) is 10.8 Å². The smallest absolute Gasteiger partial charge is 0.257 e. The van der Waals surface area contributed by atoms with Crippen molar-refractivity contribution in [2.24, 2.45) is 0 Å². The number of nitrogens with zero attached hydrogens (tertiary/aromatic N) is 4. The molecule has 0 aliphatic rings. The van der Waals surface area contributed by atoms with E-state index in [1.807, 2.05) is 12.1 Å². The molecule has 3 rings (SSSR count). The van der Waals surface area contributed by atoms with Gasteiger partial charge in [-0.15, -0.1) is 21.5 Å². The summed E-state index contributed by atoms with van der Waals surface area (Å²) in [6, 6.07) is 5.35. The van der Waals surface area contributed by atoms with Crippen molar-refractivity contribution in [1.29, 1.82) is 0 Å². The number of nitrogen functional groups attached to an aromatic ring is 2. The van der Waals surface area contributed by atoms with E-state index in [0.717, 1.165) is 8.66 Å². The summed E-state index contributed by atoms with van der Waals surface area (Å²) < 4.78 is 6.60. The maximum Gasteiger partial charge on any atom is 0.257 e. The van der Waals surface area contributed by atoms with Gasteiger partial charge in [0.1, 0.15) is 11.6 Å². The van der Waals surface area contributed by atoms with Crippen LogP contribution >= 0.6 is 39.0 Å². The average Bonchev–Trinajstić information content (AvgIpc) is 3.04. The zero-order valence-corrected chi connectivity index (χ0v) is 13.7. The van der Waals surface area contributed by atoms with Crippen LogP contribution in [0.3, 0.4) is 0 Å². The Kier molecular flexibility index (Phi) is 4.08. The lowest BCUT2D eigenvalue weighted by atomic mass is 10.5. The van der Waals surface area contributed by atoms with Crippen LogP contribution in [0, 0.1) is 0 Å². The number of thioether (sulfide) groups is 1. The number of nitrogens with two attached hydrogens (primary N) is 2. The zero-order chi connectivity index (χ0) is 14.8. The second-order valence-electron chi connectivity index (χ2n) is 3.89. The molecule has 3 aromatic heterocycles. The molecule has 0 aromatic carbocycles. The van der Waals surface area contributed by atoms with Crippen LogP contribution in [0.2, 0.25) is 0 Å². The van der Waals surface area contributed by atoms with Crippen LogP contribution in [0.1, 0.15) is 5.89 Å². The van der Waals surface area contributed by atoms with E-state index in [-0.39, 0.29) is 0 Å². The van der Waals surface area contributed by atoms with E-state index in [1.54, 1.807) is 0 Å². The molecule has 3 aromatic rings. The maximum absolute atomic E-state index is 5.61. The number of rotatable bonds is 4. The van der Waals surface area contributed by atoms with Gasteiger partial charge in [0.15, 0.2) is 5.16 Å². The molecule has 0 aliphatic carbocycles. The average molecular weight is 385 g/mol. The Morgan fingerprint density at radius 3 is 2.62 bits per heavy atom. The molecule has 108 valence electrons. The van der Waals surface area contributed by atoms with Gasteiger partial charge < -0.3 is 15.9 Å². The minimum absolute atomic E-state index is 0.333. The Morgan fingerprint density at radius 1 is 1.19 bits per heavy atom. The summed E-state index contributed by atoms with van der Waals surface area (Å²) in [5.41, 5.74) is 11.2. The van der Waals surface area contributed by atoms with Gasteiger partial charge in [0.25, 0.3) is 5.89 Å². The van der Waals surface area contributed by atoms with Crippen LogP contribution in [0.25, 0.3) is 10.8 Å². The van der Waals surface area contributed by atoms with Crippen molar-refractivity contribution in [3.05, 3.63) is 27.9 Å². The van der Waals surface area contributed by atoms with Gasteiger partial charge in [0.05, 0.1) is 14.4 Å². The number of hydrogen-bond acceptors (Lipinski definition) is 9. The SMILES string of the molecule is Nc1cc(N)nc(SCc2nnc(-c3ccc(Br)s3)o2)n1. The van der Waals surface area contributed by atoms with Gasteiger partial charge in [0.2, 0.25) is 5.89 Å². The topological polar surface area (TPSA) is 117 Å². The Morgan fingerprint density at radius 2 is 1.95 bits per heavy atom. The van der Waals surface area contributed by atoms with Gasteiger partial charge >= 0.3 is 0 Å². The van der Waals surface area contributed by atoms with Crippen LogP contribution in [-0.2, 0) is 5.75 Å². The fraction of sp³-hybridized carbons (Fsp3) is 0.0909. The highest BCUT2D eigenvalue weighted by Gasteiger charge is 2.12. The largest absolute Gasteiger partial charge is 0.419 e. The van der Waals surface area contributed by atoms with E-state index in [2.05, 4.69) is 36.1 Å². The third kappa shape index (κ3) is 3.52. The van der Waals surface area contributed by atoms with Gasteiger partial charge in [-0.1, -0.05) is 11.8 Å². The molecule has 4 N–H and O–H groups in total. The Balaban J connectivity index is 1.70. The second-order valence-corrected chi connectivity index (χ2v) is 7.30. The fourth-order valence-corrected chi connectivity index (χ4v) is 3.51. The van der Waals surface area contributed by atoms with Gasteiger partial charge in [-0.25, -0.2) is 9.97 Å². The molecular weight excluding hydrogens is 376 g/mol. The van der Waals surface area contributed by atoms with E-state index < -0.39 is 0 Å². The Bertz CT molecular complexity index is 753. The standard InChI is InChI=1S/C11H9BrN6OS2/c12-6-2-1-5(21-6)10-18-17-9(19-10)4-20-11-15-7(13)3-8(14)16-11/h1-3H,4H2,(H4,13,14,15,16). The first-order valence-corrected chi connectivity index (χ1v) is 8.30. The molecule has 0 atom stereocenters. The van der Waals surface area contributed by atoms with Crippen molar-refractivity contribution in [1.82, 2.24) is 20.2 Å². The van der Waals surface area contributed by atoms with Gasteiger partial charge in [0, 0.05) is 6.07 Å². The first-order chi connectivity index (χ1) is 10.1. The lowest BCUT2D eigenvalue weighted by Crippen LogP contribution is -1.99. The van der Waals surface area contributed by atoms with Crippen LogP contribution in [0.4, 0.5) is 11.6 Å². The summed E-state index contributed by atoms with van der Waals surface area (Å²) in [5, 5.41) is 8.49. The quantitative estimate of drug-likeness (QED) is 0.520. The molecule has 0 spiro atoms. The third-order valence-electron chi connectivity index (χ3n) is 2.32. The molecule has 0 fully saturated rings. The molecule has 0 aliphatic heterocycles. The molecule has 21 heavy (non-hydrogen) atoms. The van der Waals surface area contributed by atoms with Crippen molar-refractivity contribution in [3.63, 3.8) is 0 Å². The number of aromatic nitrogens is 4. The monoisotopic (exact) mass is 384 g/mol. The lowest BCUT2D eigenvalue weighted by molar-refractivity contribution is 0.529. The van der Waals surface area contributed by atoms with Crippen molar-refractivity contribution < 1.29 is 4.42 Å². The number of anilines is 2. The summed E-state index contributed by atoms with van der Waals surface area (Å²) >= 11 is 6.26. The molecule has 0 radical (unpaired) electrons. The molecule has 0 saturated heterocycles. The minimum Gasteiger partial charge on any atom is -0.419 e. The van der Waals surface area contributed by atoms with Gasteiger partial charge in [-0.3, -0.25) is 0 Å². The zero-order valence-electron chi connectivity index (χ0n) is 10.5. The highest BCUT2D eigenvalue weighted by atomic mass is 79.9. The second kappa shape index (κ2) is 6.00. The maximum atomic E-state index is 5.61. The van der Waals surface area contributed by atoms with E-state index in [9.17, 15) is 0 Å². The normalized spacial score (nSPS) is 10.9. The molecule has 0 unspecified atom stereocenters. The van der Waals surface area contributed by atoms with E-state index in [0.29, 0.717) is 34.3 Å². The van der Waals surface area contributed by atoms with Crippen LogP contribution < -0.4 is 11.5 Å². The van der Waals surface area contributed by atoms with Gasteiger partial charge in [-0.2, -0.15) is 0 Å². The highest BCUT2D eigenvalue weighted by Crippen LogP contribution is 2.31. The van der Waals surface area contributed by atoms with Crippen LogP contribution in [0.5, 0.6) is 0 Å². The Hall–Kier alpha value is -1.65. The summed E-state index contributed by atoms with van der Waals surface area (Å²) in [6.45, 7) is 0. The van der Waals surface area contributed by atoms with Gasteiger partial charge in [-0.05, 0) is 28.1 Å². The lowest BCUT2D eigenvalue weighted by Gasteiger charge is -2.00. The van der Waals surface area contributed by atoms with Crippen molar-refractivity contribution in [2.45, 2.75) is 10.9 Å². The van der Waals surface area contributed by atoms with E-state index >= 15 is 0 Å².